The summed E-state index contributed by atoms with van der Waals surface area (Å²) in [6.07, 6.45) is 2.92. The first-order chi connectivity index (χ1) is 13.6. The first-order valence-electron chi connectivity index (χ1n) is 9.12. The predicted octanol–water partition coefficient (Wildman–Crippen LogP) is 2.62. The lowest BCUT2D eigenvalue weighted by Crippen LogP contribution is -2.35. The van der Waals surface area contributed by atoms with Crippen molar-refractivity contribution in [3.05, 3.63) is 75.8 Å². The molecule has 1 amide bonds. The van der Waals surface area contributed by atoms with Gasteiger partial charge in [0.25, 0.3) is 11.5 Å². The Morgan fingerprint density at radius 3 is 2.89 bits per heavy atom. The summed E-state index contributed by atoms with van der Waals surface area (Å²) in [6, 6.07) is 10.8. The molecule has 1 N–H and O–H groups in total. The zero-order chi connectivity index (χ0) is 19.5. The van der Waals surface area contributed by atoms with E-state index in [9.17, 15) is 9.59 Å². The number of aromatic nitrogens is 3. The van der Waals surface area contributed by atoms with Gasteiger partial charge in [0, 0.05) is 18.8 Å². The van der Waals surface area contributed by atoms with E-state index in [0.29, 0.717) is 23.9 Å². The smallest absolute Gasteiger partial charge is 0.263 e. The Morgan fingerprint density at radius 2 is 2.18 bits per heavy atom. The SMILES string of the molecule is Cc1cc([C@H]2CCCN2C(=O)c2cnc(COc3ccccc3)[nH]c2=O)on1. The van der Waals surface area contributed by atoms with E-state index in [0.717, 1.165) is 18.5 Å². The van der Waals surface area contributed by atoms with Gasteiger partial charge in [0.15, 0.2) is 5.76 Å². The summed E-state index contributed by atoms with van der Waals surface area (Å²) in [6.45, 7) is 2.50. The average molecular weight is 380 g/mol. The third-order valence-electron chi connectivity index (χ3n) is 4.69. The number of H-pyrrole nitrogens is 1. The van der Waals surface area contributed by atoms with E-state index < -0.39 is 5.56 Å². The summed E-state index contributed by atoms with van der Waals surface area (Å²) >= 11 is 0. The number of amides is 1. The number of ether oxygens (including phenoxy) is 1. The minimum Gasteiger partial charge on any atom is -0.486 e. The minimum atomic E-state index is -0.480. The van der Waals surface area contributed by atoms with E-state index >= 15 is 0 Å². The monoisotopic (exact) mass is 380 g/mol. The Bertz CT molecular complexity index is 1030. The number of nitrogens with one attached hydrogen (secondary N) is 1. The third-order valence-corrected chi connectivity index (χ3v) is 4.69. The summed E-state index contributed by atoms with van der Waals surface area (Å²) in [4.78, 5) is 33.8. The van der Waals surface area contributed by atoms with Crippen LogP contribution in [-0.4, -0.2) is 32.5 Å². The molecule has 8 nitrogen and oxygen atoms in total. The quantitative estimate of drug-likeness (QED) is 0.730. The highest BCUT2D eigenvalue weighted by atomic mass is 16.5. The highest BCUT2D eigenvalue weighted by molar-refractivity contribution is 5.94. The van der Waals surface area contributed by atoms with Crippen molar-refractivity contribution in [3.8, 4) is 5.75 Å². The molecular formula is C20H20N4O4. The molecule has 28 heavy (non-hydrogen) atoms. The highest BCUT2D eigenvalue weighted by Gasteiger charge is 2.34. The van der Waals surface area contributed by atoms with Gasteiger partial charge < -0.3 is 19.1 Å². The molecule has 0 bridgehead atoms. The molecule has 1 aliphatic heterocycles. The second-order valence-electron chi connectivity index (χ2n) is 6.70. The predicted molar refractivity (Wildman–Crippen MR) is 99.9 cm³/mol. The molecule has 0 radical (unpaired) electrons. The number of rotatable bonds is 5. The molecule has 1 aromatic carbocycles. The van der Waals surface area contributed by atoms with Crippen molar-refractivity contribution in [2.75, 3.05) is 6.54 Å². The van der Waals surface area contributed by atoms with Crippen LogP contribution in [0.1, 0.15) is 46.5 Å². The summed E-state index contributed by atoms with van der Waals surface area (Å²) < 4.78 is 10.9. The van der Waals surface area contributed by atoms with Crippen LogP contribution in [0.15, 0.2) is 51.9 Å². The van der Waals surface area contributed by atoms with Crippen molar-refractivity contribution in [1.82, 2.24) is 20.0 Å². The molecule has 1 saturated heterocycles. The second-order valence-corrected chi connectivity index (χ2v) is 6.70. The lowest BCUT2D eigenvalue weighted by molar-refractivity contribution is 0.0712. The molecule has 1 fully saturated rings. The molecule has 2 aromatic heterocycles. The van der Waals surface area contributed by atoms with Gasteiger partial charge in [-0.2, -0.15) is 0 Å². The van der Waals surface area contributed by atoms with Crippen LogP contribution in [0.5, 0.6) is 5.75 Å². The van der Waals surface area contributed by atoms with Gasteiger partial charge in [-0.25, -0.2) is 4.98 Å². The number of nitrogens with zero attached hydrogens (tertiary/aromatic N) is 3. The number of benzene rings is 1. The van der Waals surface area contributed by atoms with Crippen molar-refractivity contribution < 1.29 is 14.1 Å². The molecule has 0 aliphatic carbocycles. The molecular weight excluding hydrogens is 360 g/mol. The van der Waals surface area contributed by atoms with Crippen LogP contribution >= 0.6 is 0 Å². The van der Waals surface area contributed by atoms with Crippen LogP contribution in [-0.2, 0) is 6.61 Å². The van der Waals surface area contributed by atoms with E-state index in [1.807, 2.05) is 43.3 Å². The van der Waals surface area contributed by atoms with Crippen molar-refractivity contribution in [3.63, 3.8) is 0 Å². The van der Waals surface area contributed by atoms with Crippen molar-refractivity contribution >= 4 is 5.91 Å². The number of hydrogen-bond donors (Lipinski definition) is 1. The van der Waals surface area contributed by atoms with Crippen LogP contribution in [0.25, 0.3) is 0 Å². The Hall–Kier alpha value is -3.42. The Labute approximate surface area is 161 Å². The standard InChI is InChI=1S/C20H20N4O4/c1-13-10-17(28-23-13)16-8-5-9-24(16)20(26)15-11-21-18(22-19(15)25)12-27-14-6-3-2-4-7-14/h2-4,6-7,10-11,16H,5,8-9,12H2,1H3,(H,21,22,25)/t16-/m1/s1. The zero-order valence-corrected chi connectivity index (χ0v) is 15.4. The summed E-state index contributed by atoms with van der Waals surface area (Å²) in [7, 11) is 0. The van der Waals surface area contributed by atoms with Gasteiger partial charge in [-0.3, -0.25) is 9.59 Å². The minimum absolute atomic E-state index is 0.00611. The van der Waals surface area contributed by atoms with Gasteiger partial charge >= 0.3 is 0 Å². The van der Waals surface area contributed by atoms with Crippen LogP contribution < -0.4 is 10.3 Å². The van der Waals surface area contributed by atoms with Crippen LogP contribution in [0.3, 0.4) is 0 Å². The second kappa shape index (κ2) is 7.67. The fourth-order valence-electron chi connectivity index (χ4n) is 3.33. The average Bonchev–Trinajstić information content (AvgIpc) is 3.35. The molecule has 8 heteroatoms. The normalized spacial score (nSPS) is 16.3. The fraction of sp³-hybridized carbons (Fsp3) is 0.300. The topological polar surface area (TPSA) is 101 Å². The van der Waals surface area contributed by atoms with Gasteiger partial charge in [0.1, 0.15) is 23.7 Å². The Kier molecular flexibility index (Phi) is 4.92. The summed E-state index contributed by atoms with van der Waals surface area (Å²) in [5.74, 6) is 1.31. The molecule has 1 atom stereocenters. The van der Waals surface area contributed by atoms with E-state index in [1.165, 1.54) is 6.20 Å². The molecule has 0 spiro atoms. The van der Waals surface area contributed by atoms with Crippen molar-refractivity contribution in [2.45, 2.75) is 32.4 Å². The Morgan fingerprint density at radius 1 is 1.36 bits per heavy atom. The lowest BCUT2D eigenvalue weighted by Gasteiger charge is -2.22. The van der Waals surface area contributed by atoms with Gasteiger partial charge in [0.2, 0.25) is 0 Å². The van der Waals surface area contributed by atoms with Gasteiger partial charge in [0.05, 0.1) is 11.7 Å². The first kappa shape index (κ1) is 18.0. The van der Waals surface area contributed by atoms with E-state index in [4.69, 9.17) is 9.26 Å². The molecule has 144 valence electrons. The van der Waals surface area contributed by atoms with Crippen molar-refractivity contribution in [2.24, 2.45) is 0 Å². The number of hydrogen-bond acceptors (Lipinski definition) is 6. The van der Waals surface area contributed by atoms with Crippen LogP contribution in [0, 0.1) is 6.92 Å². The number of aryl methyl sites for hydroxylation is 1. The van der Waals surface area contributed by atoms with Gasteiger partial charge in [-0.05, 0) is 31.9 Å². The van der Waals surface area contributed by atoms with Gasteiger partial charge in [-0.15, -0.1) is 0 Å². The maximum absolute atomic E-state index is 12.9. The van der Waals surface area contributed by atoms with E-state index in [-0.39, 0.29) is 24.1 Å². The largest absolute Gasteiger partial charge is 0.486 e. The van der Waals surface area contributed by atoms with E-state index in [2.05, 4.69) is 15.1 Å². The summed E-state index contributed by atoms with van der Waals surface area (Å²) in [5.41, 5.74) is 0.286. The molecule has 3 aromatic rings. The lowest BCUT2D eigenvalue weighted by atomic mass is 10.1. The Balaban J connectivity index is 1.49. The third kappa shape index (κ3) is 3.66. The molecule has 0 unspecified atom stereocenters. The molecule has 0 saturated carbocycles. The molecule has 3 heterocycles. The number of aromatic amines is 1. The van der Waals surface area contributed by atoms with Crippen LogP contribution in [0.2, 0.25) is 0 Å². The van der Waals surface area contributed by atoms with E-state index in [1.54, 1.807) is 4.90 Å². The maximum atomic E-state index is 12.9. The number of likely N-dealkylation sites (tertiary alicyclic amines) is 1. The molecule has 4 rings (SSSR count). The number of para-hydroxylation sites is 1. The molecule has 1 aliphatic rings. The van der Waals surface area contributed by atoms with Gasteiger partial charge in [-0.1, -0.05) is 23.4 Å². The van der Waals surface area contributed by atoms with Crippen LogP contribution in [0.4, 0.5) is 0 Å². The maximum Gasteiger partial charge on any atom is 0.263 e. The number of carbonyl (C=O) groups is 1. The highest BCUT2D eigenvalue weighted by Crippen LogP contribution is 2.33. The summed E-state index contributed by atoms with van der Waals surface area (Å²) in [5, 5.41) is 3.90. The number of carbonyl (C=O) groups excluding carboxylic acids is 1. The zero-order valence-electron chi connectivity index (χ0n) is 15.4. The van der Waals surface area contributed by atoms with Crippen molar-refractivity contribution in [1.29, 1.82) is 0 Å². The fourth-order valence-corrected chi connectivity index (χ4v) is 3.33. The first-order valence-corrected chi connectivity index (χ1v) is 9.12.